The first-order valence-corrected chi connectivity index (χ1v) is 8.52. The van der Waals surface area contributed by atoms with Crippen molar-refractivity contribution in [1.29, 1.82) is 0 Å². The Morgan fingerprint density at radius 2 is 2.14 bits per heavy atom. The average Bonchev–Trinajstić information content (AvgIpc) is 3.11. The zero-order valence-corrected chi connectivity index (χ0v) is 13.9. The summed E-state index contributed by atoms with van der Waals surface area (Å²) in [6.45, 7) is 3.30. The van der Waals surface area contributed by atoms with E-state index in [0.717, 1.165) is 23.0 Å². The Morgan fingerprint density at radius 1 is 1.38 bits per heavy atom. The second kappa shape index (κ2) is 6.44. The Morgan fingerprint density at radius 3 is 2.81 bits per heavy atom. The maximum atomic E-state index is 6.01. The van der Waals surface area contributed by atoms with E-state index in [1.807, 2.05) is 23.7 Å². The number of halogens is 1. The normalized spacial score (nSPS) is 24.3. The number of thiazole rings is 1. The lowest BCUT2D eigenvalue weighted by Gasteiger charge is -2.28. The van der Waals surface area contributed by atoms with Gasteiger partial charge in [-0.2, -0.15) is 0 Å². The van der Waals surface area contributed by atoms with E-state index in [1.54, 1.807) is 11.3 Å². The van der Waals surface area contributed by atoms with Crippen LogP contribution in [0.15, 0.2) is 35.8 Å². The highest BCUT2D eigenvalue weighted by Gasteiger charge is 2.33. The maximum Gasteiger partial charge on any atom is 0.109 e. The number of likely N-dealkylation sites (N-methyl/N-ethyl adjacent to an activating group) is 1. The van der Waals surface area contributed by atoms with Gasteiger partial charge in [-0.3, -0.25) is 4.90 Å². The smallest absolute Gasteiger partial charge is 0.109 e. The van der Waals surface area contributed by atoms with Gasteiger partial charge in [-0.05, 0) is 38.1 Å². The molecule has 21 heavy (non-hydrogen) atoms. The molecule has 0 saturated carbocycles. The van der Waals surface area contributed by atoms with E-state index in [1.165, 1.54) is 5.56 Å². The zero-order valence-electron chi connectivity index (χ0n) is 12.3. The van der Waals surface area contributed by atoms with E-state index in [2.05, 4.69) is 41.3 Å². The van der Waals surface area contributed by atoms with E-state index >= 15 is 0 Å². The molecule has 1 aromatic carbocycles. The van der Waals surface area contributed by atoms with Gasteiger partial charge in [0.2, 0.25) is 0 Å². The molecule has 1 unspecified atom stereocenters. The van der Waals surface area contributed by atoms with Crippen LogP contribution >= 0.6 is 22.9 Å². The van der Waals surface area contributed by atoms with Gasteiger partial charge in [0.05, 0.1) is 6.04 Å². The number of likely N-dealkylation sites (tertiary alicyclic amines) is 1. The SMILES string of the molecule is CC(N[C@@H]1CCN(C)[C@H]1c1ccc(Cl)cc1)c1nccs1. The van der Waals surface area contributed by atoms with Crippen molar-refractivity contribution in [2.45, 2.75) is 31.5 Å². The van der Waals surface area contributed by atoms with E-state index in [4.69, 9.17) is 11.6 Å². The number of nitrogens with zero attached hydrogens (tertiary/aromatic N) is 2. The van der Waals surface area contributed by atoms with Crippen LogP contribution in [0.5, 0.6) is 0 Å². The number of hydrogen-bond acceptors (Lipinski definition) is 4. The van der Waals surface area contributed by atoms with Crippen LogP contribution in [-0.2, 0) is 0 Å². The van der Waals surface area contributed by atoms with Gasteiger partial charge >= 0.3 is 0 Å². The molecule has 1 saturated heterocycles. The van der Waals surface area contributed by atoms with E-state index < -0.39 is 0 Å². The minimum absolute atomic E-state index is 0.288. The second-order valence-electron chi connectivity index (χ2n) is 5.63. The number of aromatic nitrogens is 1. The molecule has 1 aliphatic heterocycles. The molecule has 1 fully saturated rings. The van der Waals surface area contributed by atoms with Crippen molar-refractivity contribution in [3.05, 3.63) is 51.4 Å². The van der Waals surface area contributed by atoms with Crippen molar-refractivity contribution in [2.24, 2.45) is 0 Å². The van der Waals surface area contributed by atoms with Crippen LogP contribution in [0.1, 0.15) is 36.0 Å². The van der Waals surface area contributed by atoms with Gasteiger partial charge in [0.25, 0.3) is 0 Å². The van der Waals surface area contributed by atoms with E-state index in [9.17, 15) is 0 Å². The van der Waals surface area contributed by atoms with Crippen LogP contribution in [0.2, 0.25) is 5.02 Å². The Kier molecular flexibility index (Phi) is 4.60. The number of nitrogens with one attached hydrogen (secondary N) is 1. The van der Waals surface area contributed by atoms with Crippen molar-refractivity contribution >= 4 is 22.9 Å². The van der Waals surface area contributed by atoms with Crippen LogP contribution < -0.4 is 5.32 Å². The van der Waals surface area contributed by atoms with E-state index in [-0.39, 0.29) is 6.04 Å². The molecular weight excluding hydrogens is 302 g/mol. The quantitative estimate of drug-likeness (QED) is 0.926. The summed E-state index contributed by atoms with van der Waals surface area (Å²) in [5.41, 5.74) is 1.32. The minimum atomic E-state index is 0.288. The molecule has 5 heteroatoms. The van der Waals surface area contributed by atoms with Crippen LogP contribution in [0.25, 0.3) is 0 Å². The fraction of sp³-hybridized carbons (Fsp3) is 0.438. The zero-order chi connectivity index (χ0) is 14.8. The standard InChI is InChI=1S/C16H20ClN3S/c1-11(16-18-8-10-21-16)19-14-7-9-20(2)15(14)12-3-5-13(17)6-4-12/h3-6,8,10-11,14-15,19H,7,9H2,1-2H3/t11?,14-,15+/m1/s1. The largest absolute Gasteiger partial charge is 0.303 e. The maximum absolute atomic E-state index is 6.01. The van der Waals surface area contributed by atoms with Crippen LogP contribution in [0, 0.1) is 0 Å². The van der Waals surface area contributed by atoms with Gasteiger partial charge in [0.15, 0.2) is 0 Å². The third kappa shape index (κ3) is 3.29. The lowest BCUT2D eigenvalue weighted by atomic mass is 9.99. The second-order valence-corrected chi connectivity index (χ2v) is 6.99. The molecule has 1 aromatic heterocycles. The van der Waals surface area contributed by atoms with Gasteiger partial charge in [-0.25, -0.2) is 4.98 Å². The first kappa shape index (κ1) is 15.0. The predicted molar refractivity (Wildman–Crippen MR) is 88.9 cm³/mol. The molecule has 1 N–H and O–H groups in total. The molecule has 3 nitrogen and oxygen atoms in total. The Balaban J connectivity index is 1.76. The molecule has 1 aliphatic rings. The molecule has 0 radical (unpaired) electrons. The van der Waals surface area contributed by atoms with Gasteiger partial charge in [-0.1, -0.05) is 23.7 Å². The van der Waals surface area contributed by atoms with Gasteiger partial charge in [0.1, 0.15) is 5.01 Å². The number of rotatable bonds is 4. The summed E-state index contributed by atoms with van der Waals surface area (Å²) in [7, 11) is 2.19. The highest BCUT2D eigenvalue weighted by atomic mass is 35.5. The Labute approximate surface area is 135 Å². The third-order valence-corrected chi connectivity index (χ3v) is 5.36. The molecule has 3 rings (SSSR count). The average molecular weight is 322 g/mol. The minimum Gasteiger partial charge on any atom is -0.303 e. The summed E-state index contributed by atoms with van der Waals surface area (Å²) in [6, 6.07) is 9.35. The fourth-order valence-electron chi connectivity index (χ4n) is 3.11. The topological polar surface area (TPSA) is 28.2 Å². The summed E-state index contributed by atoms with van der Waals surface area (Å²) >= 11 is 7.72. The highest BCUT2D eigenvalue weighted by Crippen LogP contribution is 2.33. The summed E-state index contributed by atoms with van der Waals surface area (Å²) in [4.78, 5) is 6.82. The fourth-order valence-corrected chi connectivity index (χ4v) is 3.89. The highest BCUT2D eigenvalue weighted by molar-refractivity contribution is 7.09. The number of hydrogen-bond donors (Lipinski definition) is 1. The molecule has 0 aliphatic carbocycles. The van der Waals surface area contributed by atoms with Gasteiger partial charge < -0.3 is 5.32 Å². The van der Waals surface area contributed by atoms with Gasteiger partial charge in [-0.15, -0.1) is 11.3 Å². The first-order chi connectivity index (χ1) is 10.1. The molecular formula is C16H20ClN3S. The number of benzene rings is 1. The molecule has 0 amide bonds. The molecule has 0 bridgehead atoms. The lowest BCUT2D eigenvalue weighted by molar-refractivity contribution is 0.278. The molecule has 112 valence electrons. The van der Waals surface area contributed by atoms with Crippen molar-refractivity contribution in [3.63, 3.8) is 0 Å². The predicted octanol–water partition coefficient (Wildman–Crippen LogP) is 3.89. The first-order valence-electron chi connectivity index (χ1n) is 7.26. The monoisotopic (exact) mass is 321 g/mol. The summed E-state index contributed by atoms with van der Waals surface area (Å²) < 4.78 is 0. The van der Waals surface area contributed by atoms with Gasteiger partial charge in [0, 0.05) is 35.2 Å². The van der Waals surface area contributed by atoms with Crippen molar-refractivity contribution in [1.82, 2.24) is 15.2 Å². The van der Waals surface area contributed by atoms with Crippen LogP contribution in [-0.4, -0.2) is 29.5 Å². The Hall–Kier alpha value is -0.940. The molecule has 2 aromatic rings. The summed E-state index contributed by atoms with van der Waals surface area (Å²) in [5, 5.41) is 7.72. The Bertz CT molecular complexity index is 570. The van der Waals surface area contributed by atoms with Crippen LogP contribution in [0.3, 0.4) is 0 Å². The van der Waals surface area contributed by atoms with Crippen molar-refractivity contribution in [3.8, 4) is 0 Å². The molecule has 0 spiro atoms. The van der Waals surface area contributed by atoms with Crippen LogP contribution in [0.4, 0.5) is 0 Å². The third-order valence-electron chi connectivity index (χ3n) is 4.15. The molecule has 3 atom stereocenters. The van der Waals surface area contributed by atoms with Crippen molar-refractivity contribution < 1.29 is 0 Å². The van der Waals surface area contributed by atoms with E-state index in [0.29, 0.717) is 12.1 Å². The summed E-state index contributed by atoms with van der Waals surface area (Å²) in [5.74, 6) is 0. The lowest BCUT2D eigenvalue weighted by Crippen LogP contribution is -2.36. The van der Waals surface area contributed by atoms with Crippen molar-refractivity contribution in [2.75, 3.05) is 13.6 Å². The molecule has 2 heterocycles. The summed E-state index contributed by atoms with van der Waals surface area (Å²) in [6.07, 6.45) is 3.02.